The minimum Gasteiger partial charge on any atom is -0.481 e. The Balaban J connectivity index is 1.84. The highest BCUT2D eigenvalue weighted by Crippen LogP contribution is 2.12. The van der Waals surface area contributed by atoms with Crippen molar-refractivity contribution in [3.8, 4) is 5.75 Å². The van der Waals surface area contributed by atoms with Crippen molar-refractivity contribution in [1.82, 2.24) is 10.9 Å². The van der Waals surface area contributed by atoms with Crippen molar-refractivity contribution < 1.29 is 23.1 Å². The minimum atomic E-state index is -0.908. The number of carbonyl (C=O) groups is 2. The fourth-order valence-electron chi connectivity index (χ4n) is 1.66. The molecule has 0 aliphatic carbocycles. The Morgan fingerprint density at radius 3 is 2.00 bits per heavy atom. The summed E-state index contributed by atoms with van der Waals surface area (Å²) >= 11 is 0. The summed E-state index contributed by atoms with van der Waals surface area (Å²) < 4.78 is 30.8. The Morgan fingerprint density at radius 2 is 1.43 bits per heavy atom. The number of hydrazine groups is 1. The zero-order valence-electron chi connectivity index (χ0n) is 12.2. The maximum Gasteiger partial charge on any atom is 0.279 e. The Morgan fingerprint density at radius 1 is 0.913 bits per heavy atom. The molecule has 0 aromatic heterocycles. The van der Waals surface area contributed by atoms with Gasteiger partial charge in [-0.3, -0.25) is 20.4 Å². The molecule has 2 aromatic rings. The molecule has 0 heterocycles. The molecule has 0 aliphatic heterocycles. The van der Waals surface area contributed by atoms with Crippen LogP contribution in [-0.4, -0.2) is 17.9 Å². The van der Waals surface area contributed by atoms with Crippen LogP contribution < -0.4 is 15.6 Å². The second-order valence-electron chi connectivity index (χ2n) is 4.66. The molecule has 0 spiro atoms. The van der Waals surface area contributed by atoms with Crippen LogP contribution in [0.2, 0.25) is 0 Å². The summed E-state index contributed by atoms with van der Waals surface area (Å²) in [5, 5.41) is 0. The second kappa shape index (κ2) is 7.35. The minimum absolute atomic E-state index is 0.193. The first-order chi connectivity index (χ1) is 11.0. The highest BCUT2D eigenvalue weighted by molar-refractivity contribution is 5.95. The third-order valence-corrected chi connectivity index (χ3v) is 2.90. The van der Waals surface area contributed by atoms with Crippen LogP contribution in [-0.2, 0) is 4.79 Å². The van der Waals surface area contributed by atoms with E-state index in [1.54, 1.807) is 0 Å². The van der Waals surface area contributed by atoms with Gasteiger partial charge in [0.15, 0.2) is 6.10 Å². The number of hydrogen-bond donors (Lipinski definition) is 2. The Kier molecular flexibility index (Phi) is 5.24. The average Bonchev–Trinajstić information content (AvgIpc) is 2.55. The molecule has 2 aromatic carbocycles. The quantitative estimate of drug-likeness (QED) is 0.849. The van der Waals surface area contributed by atoms with Crippen molar-refractivity contribution >= 4 is 11.8 Å². The summed E-state index contributed by atoms with van der Waals surface area (Å²) in [5.74, 6) is -1.75. The van der Waals surface area contributed by atoms with E-state index in [1.807, 2.05) is 0 Å². The van der Waals surface area contributed by atoms with Crippen molar-refractivity contribution in [3.05, 3.63) is 65.7 Å². The molecule has 23 heavy (non-hydrogen) atoms. The Bertz CT molecular complexity index is 687. The van der Waals surface area contributed by atoms with E-state index in [4.69, 9.17) is 4.74 Å². The van der Waals surface area contributed by atoms with Crippen molar-refractivity contribution in [2.75, 3.05) is 0 Å². The van der Waals surface area contributed by atoms with Crippen molar-refractivity contribution in [2.45, 2.75) is 13.0 Å². The van der Waals surface area contributed by atoms with Crippen LogP contribution in [0.5, 0.6) is 5.75 Å². The van der Waals surface area contributed by atoms with Gasteiger partial charge in [0, 0.05) is 5.56 Å². The average molecular weight is 320 g/mol. The molecular formula is C16H14F2N2O3. The fraction of sp³-hybridized carbons (Fsp3) is 0.125. The number of halogens is 2. The lowest BCUT2D eigenvalue weighted by Crippen LogP contribution is -2.47. The summed E-state index contributed by atoms with van der Waals surface area (Å²) in [5.41, 5.74) is 4.58. The lowest BCUT2D eigenvalue weighted by Gasteiger charge is -2.15. The standard InChI is InChI=1S/C16H14F2N2O3/c1-10(23-14-8-6-13(18)7-9-14)15(21)19-20-16(22)11-2-4-12(17)5-3-11/h2-10H,1H3,(H,19,21)(H,20,22). The van der Waals surface area contributed by atoms with Crippen molar-refractivity contribution in [2.24, 2.45) is 0 Å². The molecule has 0 bridgehead atoms. The van der Waals surface area contributed by atoms with Gasteiger partial charge in [0.05, 0.1) is 0 Å². The van der Waals surface area contributed by atoms with Crippen molar-refractivity contribution in [3.63, 3.8) is 0 Å². The lowest BCUT2D eigenvalue weighted by atomic mass is 10.2. The van der Waals surface area contributed by atoms with Gasteiger partial charge in [-0.2, -0.15) is 0 Å². The third kappa shape index (κ3) is 4.77. The summed E-state index contributed by atoms with van der Waals surface area (Å²) in [4.78, 5) is 23.6. The van der Waals surface area contributed by atoms with Gasteiger partial charge in [-0.1, -0.05) is 0 Å². The molecule has 5 nitrogen and oxygen atoms in total. The maximum atomic E-state index is 12.8. The summed E-state index contributed by atoms with van der Waals surface area (Å²) in [6, 6.07) is 10.0. The van der Waals surface area contributed by atoms with Crippen molar-refractivity contribution in [1.29, 1.82) is 0 Å². The smallest absolute Gasteiger partial charge is 0.279 e. The van der Waals surface area contributed by atoms with Crippen LogP contribution in [0, 0.1) is 11.6 Å². The van der Waals surface area contributed by atoms with E-state index in [0.29, 0.717) is 5.75 Å². The van der Waals surface area contributed by atoms with E-state index in [9.17, 15) is 18.4 Å². The van der Waals surface area contributed by atoms with Crippen LogP contribution in [0.1, 0.15) is 17.3 Å². The van der Waals surface area contributed by atoms with Crippen LogP contribution in [0.15, 0.2) is 48.5 Å². The van der Waals surface area contributed by atoms with Gasteiger partial charge in [-0.05, 0) is 55.5 Å². The van der Waals surface area contributed by atoms with Crippen LogP contribution in [0.25, 0.3) is 0 Å². The van der Waals surface area contributed by atoms with E-state index >= 15 is 0 Å². The predicted molar refractivity (Wildman–Crippen MR) is 78.5 cm³/mol. The van der Waals surface area contributed by atoms with E-state index in [0.717, 1.165) is 12.1 Å². The van der Waals surface area contributed by atoms with Gasteiger partial charge in [0.25, 0.3) is 11.8 Å². The van der Waals surface area contributed by atoms with Gasteiger partial charge in [-0.15, -0.1) is 0 Å². The van der Waals surface area contributed by atoms with Crippen LogP contribution >= 0.6 is 0 Å². The highest BCUT2D eigenvalue weighted by Gasteiger charge is 2.16. The summed E-state index contributed by atoms with van der Waals surface area (Å²) in [6.07, 6.45) is -0.908. The number of ether oxygens (including phenoxy) is 1. The summed E-state index contributed by atoms with van der Waals surface area (Å²) in [7, 11) is 0. The first kappa shape index (κ1) is 16.4. The topological polar surface area (TPSA) is 67.4 Å². The number of amides is 2. The lowest BCUT2D eigenvalue weighted by molar-refractivity contribution is -0.128. The zero-order valence-corrected chi connectivity index (χ0v) is 12.2. The number of nitrogens with one attached hydrogen (secondary N) is 2. The first-order valence-electron chi connectivity index (χ1n) is 6.73. The fourth-order valence-corrected chi connectivity index (χ4v) is 1.66. The highest BCUT2D eigenvalue weighted by atomic mass is 19.1. The van der Waals surface area contributed by atoms with Gasteiger partial charge in [0.2, 0.25) is 0 Å². The molecule has 0 saturated heterocycles. The molecule has 1 unspecified atom stereocenters. The molecule has 0 saturated carbocycles. The monoisotopic (exact) mass is 320 g/mol. The van der Waals surface area contributed by atoms with Gasteiger partial charge >= 0.3 is 0 Å². The first-order valence-corrected chi connectivity index (χ1v) is 6.73. The molecule has 2 N–H and O–H groups in total. The number of carbonyl (C=O) groups excluding carboxylic acids is 2. The molecule has 0 fully saturated rings. The number of benzene rings is 2. The number of rotatable bonds is 4. The van der Waals surface area contributed by atoms with E-state index < -0.39 is 29.6 Å². The predicted octanol–water partition coefficient (Wildman–Crippen LogP) is 2.19. The Labute approximate surface area is 131 Å². The van der Waals surface area contributed by atoms with Crippen LogP contribution in [0.3, 0.4) is 0 Å². The van der Waals surface area contributed by atoms with Gasteiger partial charge in [-0.25, -0.2) is 8.78 Å². The van der Waals surface area contributed by atoms with E-state index in [2.05, 4.69) is 10.9 Å². The molecule has 0 radical (unpaired) electrons. The zero-order chi connectivity index (χ0) is 16.8. The van der Waals surface area contributed by atoms with Gasteiger partial charge < -0.3 is 4.74 Å². The van der Waals surface area contributed by atoms with E-state index in [1.165, 1.54) is 43.3 Å². The molecule has 7 heteroatoms. The maximum absolute atomic E-state index is 12.8. The molecule has 120 valence electrons. The molecule has 2 rings (SSSR count). The molecule has 2 amide bonds. The van der Waals surface area contributed by atoms with Gasteiger partial charge in [0.1, 0.15) is 17.4 Å². The molecule has 0 aliphatic rings. The van der Waals surface area contributed by atoms with Crippen LogP contribution in [0.4, 0.5) is 8.78 Å². The molecule has 1 atom stereocenters. The molecular weight excluding hydrogens is 306 g/mol. The third-order valence-electron chi connectivity index (χ3n) is 2.90. The SMILES string of the molecule is CC(Oc1ccc(F)cc1)C(=O)NNC(=O)c1ccc(F)cc1. The second-order valence-corrected chi connectivity index (χ2v) is 4.66. The summed E-state index contributed by atoms with van der Waals surface area (Å²) in [6.45, 7) is 1.47. The largest absolute Gasteiger partial charge is 0.481 e. The number of hydrogen-bond acceptors (Lipinski definition) is 3. The van der Waals surface area contributed by atoms with E-state index in [-0.39, 0.29) is 5.56 Å². The normalized spacial score (nSPS) is 11.4. The Hall–Kier alpha value is -2.96.